The van der Waals surface area contributed by atoms with E-state index in [1.165, 1.54) is 31.2 Å². The van der Waals surface area contributed by atoms with Crippen LogP contribution in [-0.2, 0) is 6.42 Å². The number of aryl methyl sites for hydroxylation is 1. The van der Waals surface area contributed by atoms with Gasteiger partial charge in [0.25, 0.3) is 0 Å². The molecule has 0 aromatic heterocycles. The van der Waals surface area contributed by atoms with E-state index in [0.717, 1.165) is 12.3 Å². The summed E-state index contributed by atoms with van der Waals surface area (Å²) in [5.74, 6) is 0.736. The Morgan fingerprint density at radius 1 is 1.18 bits per heavy atom. The summed E-state index contributed by atoms with van der Waals surface area (Å²) < 4.78 is 0.427. The molecule has 0 N–H and O–H groups in total. The van der Waals surface area contributed by atoms with Crippen LogP contribution in [0.2, 0.25) is 0 Å². The van der Waals surface area contributed by atoms with Gasteiger partial charge in [-0.25, -0.2) is 0 Å². The minimum atomic E-state index is 0.427. The molecule has 17 heavy (non-hydrogen) atoms. The quantitative estimate of drug-likeness (QED) is 0.412. The lowest BCUT2D eigenvalue weighted by molar-refractivity contribution is 0.459. The first kappa shape index (κ1) is 15.0. The third-order valence-electron chi connectivity index (χ3n) is 2.93. The summed E-state index contributed by atoms with van der Waals surface area (Å²) >= 11 is 7.13. The Morgan fingerprint density at radius 3 is 2.47 bits per heavy atom. The maximum Gasteiger partial charge on any atom is 0.0700 e. The van der Waals surface area contributed by atoms with Crippen molar-refractivity contribution < 1.29 is 0 Å². The van der Waals surface area contributed by atoms with Crippen LogP contribution in [0, 0.1) is 5.92 Å². The van der Waals surface area contributed by atoms with E-state index in [4.69, 9.17) is 0 Å². The lowest BCUT2D eigenvalue weighted by Gasteiger charge is -2.15. The van der Waals surface area contributed by atoms with Gasteiger partial charge in [0.05, 0.1) is 3.74 Å². The largest absolute Gasteiger partial charge is 0.103 e. The van der Waals surface area contributed by atoms with Crippen LogP contribution in [-0.4, -0.2) is 3.74 Å². The molecule has 1 aromatic carbocycles. The van der Waals surface area contributed by atoms with Crippen LogP contribution in [0.3, 0.4) is 0 Å². The van der Waals surface area contributed by atoms with Gasteiger partial charge in [0.2, 0.25) is 0 Å². The van der Waals surface area contributed by atoms with Crippen LogP contribution >= 0.6 is 31.9 Å². The minimum absolute atomic E-state index is 0.427. The lowest BCUT2D eigenvalue weighted by atomic mass is 9.94. The molecule has 0 saturated carbocycles. The standard InChI is InChI=1S/C15H20Br2/c1-2-7-14(12-15(16)17)11-6-10-13-8-4-3-5-9-13/h2-5,8-9,14-15H,1,6-7,10-12H2. The Labute approximate surface area is 122 Å². The Hall–Kier alpha value is -0.0800. The van der Waals surface area contributed by atoms with E-state index in [1.54, 1.807) is 0 Å². The third-order valence-corrected chi connectivity index (χ3v) is 3.68. The number of alkyl halides is 2. The fraction of sp³-hybridized carbons (Fsp3) is 0.467. The molecule has 0 fully saturated rings. The molecule has 0 saturated heterocycles. The van der Waals surface area contributed by atoms with E-state index in [1.807, 2.05) is 6.08 Å². The van der Waals surface area contributed by atoms with Gasteiger partial charge in [0.15, 0.2) is 0 Å². The van der Waals surface area contributed by atoms with E-state index in [9.17, 15) is 0 Å². The Balaban J connectivity index is 2.29. The second-order valence-corrected chi connectivity index (χ2v) is 7.83. The predicted octanol–water partition coefficient (Wildman–Crippen LogP) is 5.71. The molecule has 0 bridgehead atoms. The predicted molar refractivity (Wildman–Crippen MR) is 83.9 cm³/mol. The molecule has 1 unspecified atom stereocenters. The molecule has 0 heterocycles. The van der Waals surface area contributed by atoms with E-state index in [-0.39, 0.29) is 0 Å². The zero-order valence-corrected chi connectivity index (χ0v) is 13.3. The van der Waals surface area contributed by atoms with Crippen molar-refractivity contribution in [3.63, 3.8) is 0 Å². The van der Waals surface area contributed by atoms with Crippen molar-refractivity contribution in [2.45, 2.75) is 35.8 Å². The van der Waals surface area contributed by atoms with Gasteiger partial charge in [0, 0.05) is 0 Å². The van der Waals surface area contributed by atoms with Crippen LogP contribution in [0.15, 0.2) is 43.0 Å². The highest BCUT2D eigenvalue weighted by Gasteiger charge is 2.10. The van der Waals surface area contributed by atoms with Crippen LogP contribution in [0.25, 0.3) is 0 Å². The van der Waals surface area contributed by atoms with Gasteiger partial charge in [-0.15, -0.1) is 6.58 Å². The minimum Gasteiger partial charge on any atom is -0.103 e. The molecule has 0 aliphatic carbocycles. The SMILES string of the molecule is C=CCC(CCCc1ccccc1)CC(Br)Br. The van der Waals surface area contributed by atoms with Crippen LogP contribution in [0.4, 0.5) is 0 Å². The molecule has 0 radical (unpaired) electrons. The van der Waals surface area contributed by atoms with E-state index < -0.39 is 0 Å². The molecule has 2 heteroatoms. The molecule has 0 aliphatic rings. The van der Waals surface area contributed by atoms with E-state index >= 15 is 0 Å². The van der Waals surface area contributed by atoms with Gasteiger partial charge in [-0.2, -0.15) is 0 Å². The second kappa shape index (κ2) is 8.93. The first-order valence-corrected chi connectivity index (χ1v) is 7.98. The van der Waals surface area contributed by atoms with Crippen molar-refractivity contribution in [1.29, 1.82) is 0 Å². The molecule has 0 amide bonds. The molecule has 1 atom stereocenters. The molecule has 0 spiro atoms. The fourth-order valence-electron chi connectivity index (χ4n) is 2.06. The first-order valence-electron chi connectivity index (χ1n) is 6.15. The van der Waals surface area contributed by atoms with Gasteiger partial charge in [-0.1, -0.05) is 68.3 Å². The smallest absolute Gasteiger partial charge is 0.0700 e. The maximum absolute atomic E-state index is 3.84. The summed E-state index contributed by atoms with van der Waals surface area (Å²) in [6.07, 6.45) is 8.03. The topological polar surface area (TPSA) is 0 Å². The normalized spacial score (nSPS) is 12.6. The first-order chi connectivity index (χ1) is 8.22. The molecule has 1 aromatic rings. The lowest BCUT2D eigenvalue weighted by Crippen LogP contribution is -2.04. The summed E-state index contributed by atoms with van der Waals surface area (Å²) in [6, 6.07) is 10.7. The summed E-state index contributed by atoms with van der Waals surface area (Å²) in [5, 5.41) is 0. The number of hydrogen-bond acceptors (Lipinski definition) is 0. The molecular formula is C15H20Br2. The summed E-state index contributed by atoms with van der Waals surface area (Å²) in [5.41, 5.74) is 1.44. The van der Waals surface area contributed by atoms with Crippen LogP contribution < -0.4 is 0 Å². The zero-order chi connectivity index (χ0) is 12.5. The Kier molecular flexibility index (Phi) is 7.87. The maximum atomic E-state index is 3.84. The van der Waals surface area contributed by atoms with Gasteiger partial charge >= 0.3 is 0 Å². The van der Waals surface area contributed by atoms with Gasteiger partial charge in [0.1, 0.15) is 0 Å². The number of halogens is 2. The highest BCUT2D eigenvalue weighted by atomic mass is 79.9. The van der Waals surface area contributed by atoms with Crippen molar-refractivity contribution in [3.8, 4) is 0 Å². The summed E-state index contributed by atoms with van der Waals surface area (Å²) in [6.45, 7) is 3.84. The third kappa shape index (κ3) is 7.05. The fourth-order valence-corrected chi connectivity index (χ4v) is 3.12. The highest BCUT2D eigenvalue weighted by Crippen LogP contribution is 2.25. The van der Waals surface area contributed by atoms with Crippen LogP contribution in [0.5, 0.6) is 0 Å². The summed E-state index contributed by atoms with van der Waals surface area (Å²) in [7, 11) is 0. The number of benzene rings is 1. The Morgan fingerprint density at radius 2 is 1.88 bits per heavy atom. The van der Waals surface area contributed by atoms with Crippen molar-refractivity contribution in [2.75, 3.05) is 0 Å². The number of hydrogen-bond donors (Lipinski definition) is 0. The number of rotatable bonds is 8. The molecule has 0 aliphatic heterocycles. The zero-order valence-electron chi connectivity index (χ0n) is 10.1. The average Bonchev–Trinajstić information content (AvgIpc) is 2.30. The van der Waals surface area contributed by atoms with Crippen molar-refractivity contribution in [3.05, 3.63) is 48.6 Å². The van der Waals surface area contributed by atoms with Gasteiger partial charge < -0.3 is 0 Å². The van der Waals surface area contributed by atoms with Crippen molar-refractivity contribution >= 4 is 31.9 Å². The van der Waals surface area contributed by atoms with E-state index in [2.05, 4.69) is 68.8 Å². The molecule has 1 rings (SSSR count). The summed E-state index contributed by atoms with van der Waals surface area (Å²) in [4.78, 5) is 0. The van der Waals surface area contributed by atoms with Crippen molar-refractivity contribution in [1.82, 2.24) is 0 Å². The van der Waals surface area contributed by atoms with Gasteiger partial charge in [-0.3, -0.25) is 0 Å². The molecule has 0 nitrogen and oxygen atoms in total. The molecular weight excluding hydrogens is 340 g/mol. The monoisotopic (exact) mass is 358 g/mol. The van der Waals surface area contributed by atoms with Crippen molar-refractivity contribution in [2.24, 2.45) is 5.92 Å². The molecule has 94 valence electrons. The second-order valence-electron chi connectivity index (χ2n) is 4.40. The Bertz CT molecular complexity index is 306. The average molecular weight is 360 g/mol. The highest BCUT2D eigenvalue weighted by molar-refractivity contribution is 9.24. The van der Waals surface area contributed by atoms with Gasteiger partial charge in [-0.05, 0) is 43.6 Å². The van der Waals surface area contributed by atoms with Crippen LogP contribution in [0.1, 0.15) is 31.2 Å². The van der Waals surface area contributed by atoms with E-state index in [0.29, 0.717) is 3.74 Å². The number of allylic oxidation sites excluding steroid dienone is 1.